The number of hydrogen-bond acceptors (Lipinski definition) is 6. The Bertz CT molecular complexity index is 1130. The van der Waals surface area contributed by atoms with Gasteiger partial charge in [-0.2, -0.15) is 10.1 Å². The van der Waals surface area contributed by atoms with Crippen molar-refractivity contribution in [3.63, 3.8) is 0 Å². The molecule has 0 fully saturated rings. The Labute approximate surface area is 160 Å². The molecule has 0 atom stereocenters. The zero-order chi connectivity index (χ0) is 19.9. The molecular weight excluding hydrogens is 384 g/mol. The molecule has 0 aromatic heterocycles. The van der Waals surface area contributed by atoms with Crippen molar-refractivity contribution in [3.05, 3.63) is 60.2 Å². The molecule has 2 aliphatic rings. The summed E-state index contributed by atoms with van der Waals surface area (Å²) in [6.45, 7) is -0.700. The van der Waals surface area contributed by atoms with Gasteiger partial charge in [-0.3, -0.25) is 14.4 Å². The summed E-state index contributed by atoms with van der Waals surface area (Å²) in [5, 5.41) is 7.63. The van der Waals surface area contributed by atoms with Crippen molar-refractivity contribution in [2.75, 3.05) is 11.6 Å². The van der Waals surface area contributed by atoms with Gasteiger partial charge in [0.1, 0.15) is 17.3 Å². The molecule has 1 N–H and O–H groups in total. The van der Waals surface area contributed by atoms with Crippen LogP contribution in [0, 0.1) is 0 Å². The summed E-state index contributed by atoms with van der Waals surface area (Å²) >= 11 is 0. The van der Waals surface area contributed by atoms with Crippen molar-refractivity contribution in [1.82, 2.24) is 9.62 Å². The second-order valence-electron chi connectivity index (χ2n) is 6.13. The Morgan fingerprint density at radius 3 is 2.43 bits per heavy atom. The molecule has 0 spiro atoms. The highest BCUT2D eigenvalue weighted by molar-refractivity contribution is 7.90. The zero-order valence-electron chi connectivity index (χ0n) is 14.4. The molecule has 10 heteroatoms. The van der Waals surface area contributed by atoms with Gasteiger partial charge in [-0.25, -0.2) is 12.7 Å². The van der Waals surface area contributed by atoms with E-state index in [0.29, 0.717) is 9.99 Å². The van der Waals surface area contributed by atoms with Crippen molar-refractivity contribution < 1.29 is 22.8 Å². The molecule has 2 aromatic rings. The monoisotopic (exact) mass is 398 g/mol. The number of fused-ring (bicyclic) bond motifs is 1. The molecule has 0 bridgehead atoms. The van der Waals surface area contributed by atoms with Gasteiger partial charge in [0.25, 0.3) is 21.8 Å². The van der Waals surface area contributed by atoms with Gasteiger partial charge in [0.05, 0.1) is 17.7 Å². The SMILES string of the molecule is O=C(CN1C(=O)c2ccccc2S1(=O)=O)NC1=NN(c2ccccc2)C(=O)C1. The lowest BCUT2D eigenvalue weighted by molar-refractivity contribution is -0.119. The van der Waals surface area contributed by atoms with Crippen LogP contribution in [0.3, 0.4) is 0 Å². The first-order valence-corrected chi connectivity index (χ1v) is 9.73. The molecule has 0 unspecified atom stereocenters. The second-order valence-corrected chi connectivity index (χ2v) is 7.96. The number of hydrazone groups is 1. The summed E-state index contributed by atoms with van der Waals surface area (Å²) < 4.78 is 25.5. The molecule has 0 aliphatic carbocycles. The maximum Gasteiger partial charge on any atom is 0.269 e. The lowest BCUT2D eigenvalue weighted by atomic mass is 10.2. The van der Waals surface area contributed by atoms with Crippen LogP contribution in [0.2, 0.25) is 0 Å². The summed E-state index contributed by atoms with van der Waals surface area (Å²) in [5.41, 5.74) is 0.573. The number of anilines is 1. The van der Waals surface area contributed by atoms with E-state index in [1.54, 1.807) is 36.4 Å². The Morgan fingerprint density at radius 2 is 1.71 bits per heavy atom. The van der Waals surface area contributed by atoms with Crippen LogP contribution in [0.4, 0.5) is 5.69 Å². The molecule has 9 nitrogen and oxygen atoms in total. The molecule has 0 saturated carbocycles. The van der Waals surface area contributed by atoms with E-state index in [4.69, 9.17) is 0 Å². The Morgan fingerprint density at radius 1 is 1.04 bits per heavy atom. The van der Waals surface area contributed by atoms with Crippen LogP contribution < -0.4 is 10.3 Å². The third-order valence-corrected chi connectivity index (χ3v) is 6.05. The predicted octanol–water partition coefficient (Wildman–Crippen LogP) is 0.698. The molecule has 28 heavy (non-hydrogen) atoms. The fourth-order valence-corrected chi connectivity index (χ4v) is 4.51. The average Bonchev–Trinajstić information content (AvgIpc) is 3.13. The van der Waals surface area contributed by atoms with Gasteiger partial charge >= 0.3 is 0 Å². The van der Waals surface area contributed by atoms with Crippen LogP contribution in [0.5, 0.6) is 0 Å². The van der Waals surface area contributed by atoms with Crippen LogP contribution in [-0.2, 0) is 19.6 Å². The number of amides is 3. The number of nitrogens with one attached hydrogen (secondary N) is 1. The third kappa shape index (κ3) is 2.93. The Balaban J connectivity index is 1.49. The summed E-state index contributed by atoms with van der Waals surface area (Å²) in [7, 11) is -4.08. The van der Waals surface area contributed by atoms with Gasteiger partial charge in [0, 0.05) is 0 Å². The maximum absolute atomic E-state index is 12.5. The third-order valence-electron chi connectivity index (χ3n) is 4.26. The van der Waals surface area contributed by atoms with Crippen molar-refractivity contribution in [1.29, 1.82) is 0 Å². The van der Waals surface area contributed by atoms with Crippen molar-refractivity contribution in [2.45, 2.75) is 11.3 Å². The molecule has 0 radical (unpaired) electrons. The van der Waals surface area contributed by atoms with E-state index in [1.807, 2.05) is 0 Å². The molecule has 4 rings (SSSR count). The van der Waals surface area contributed by atoms with Gasteiger partial charge in [-0.05, 0) is 24.3 Å². The van der Waals surface area contributed by atoms with Crippen LogP contribution in [0.25, 0.3) is 0 Å². The van der Waals surface area contributed by atoms with Crippen LogP contribution in [0.1, 0.15) is 16.8 Å². The number of amidine groups is 1. The topological polar surface area (TPSA) is 116 Å². The second kappa shape index (κ2) is 6.57. The van der Waals surface area contributed by atoms with Crippen LogP contribution in [0.15, 0.2) is 64.6 Å². The predicted molar refractivity (Wildman–Crippen MR) is 98.8 cm³/mol. The van der Waals surface area contributed by atoms with E-state index in [9.17, 15) is 22.8 Å². The average molecular weight is 398 g/mol. The summed E-state index contributed by atoms with van der Waals surface area (Å²) in [6, 6.07) is 14.4. The summed E-state index contributed by atoms with van der Waals surface area (Å²) in [5.74, 6) is -1.77. The molecule has 2 heterocycles. The summed E-state index contributed by atoms with van der Waals surface area (Å²) in [6.07, 6.45) is -0.137. The van der Waals surface area contributed by atoms with Crippen LogP contribution in [-0.4, -0.2) is 42.8 Å². The van der Waals surface area contributed by atoms with E-state index >= 15 is 0 Å². The van der Waals surface area contributed by atoms with Gasteiger partial charge in [-0.1, -0.05) is 30.3 Å². The largest absolute Gasteiger partial charge is 0.311 e. The van der Waals surface area contributed by atoms with Crippen molar-refractivity contribution >= 4 is 39.3 Å². The minimum atomic E-state index is -4.08. The molecule has 3 amide bonds. The number of para-hydroxylation sites is 1. The number of nitrogens with zero attached hydrogens (tertiary/aromatic N) is 3. The lowest BCUT2D eigenvalue weighted by Gasteiger charge is -2.14. The highest BCUT2D eigenvalue weighted by Crippen LogP contribution is 2.29. The number of carbonyl (C=O) groups is 3. The lowest BCUT2D eigenvalue weighted by Crippen LogP contribution is -2.42. The number of hydrogen-bond donors (Lipinski definition) is 1. The van der Waals surface area contributed by atoms with Gasteiger partial charge in [0.15, 0.2) is 0 Å². The summed E-state index contributed by atoms with van der Waals surface area (Å²) in [4.78, 5) is 36.6. The number of sulfonamides is 1. The fourth-order valence-electron chi connectivity index (χ4n) is 2.99. The van der Waals surface area contributed by atoms with E-state index in [1.165, 1.54) is 18.2 Å². The zero-order valence-corrected chi connectivity index (χ0v) is 15.2. The smallest absolute Gasteiger partial charge is 0.269 e. The first-order valence-electron chi connectivity index (χ1n) is 8.29. The number of carbonyl (C=O) groups excluding carboxylic acids is 3. The molecule has 142 valence electrons. The normalized spacial score (nSPS) is 17.5. The quantitative estimate of drug-likeness (QED) is 0.817. The van der Waals surface area contributed by atoms with E-state index in [-0.39, 0.29) is 28.6 Å². The molecule has 2 aromatic carbocycles. The van der Waals surface area contributed by atoms with Gasteiger partial charge < -0.3 is 5.32 Å². The van der Waals surface area contributed by atoms with Crippen molar-refractivity contribution in [2.24, 2.45) is 5.10 Å². The number of rotatable bonds is 3. The highest BCUT2D eigenvalue weighted by Gasteiger charge is 2.42. The van der Waals surface area contributed by atoms with Crippen molar-refractivity contribution in [3.8, 4) is 0 Å². The van der Waals surface area contributed by atoms with Gasteiger partial charge in [-0.15, -0.1) is 0 Å². The fraction of sp³-hybridized carbons (Fsp3) is 0.111. The molecule has 0 saturated heterocycles. The van der Waals surface area contributed by atoms with Crippen LogP contribution >= 0.6 is 0 Å². The molecule has 2 aliphatic heterocycles. The Hall–Kier alpha value is -3.53. The van der Waals surface area contributed by atoms with E-state index in [0.717, 1.165) is 5.01 Å². The first kappa shape index (κ1) is 17.9. The minimum absolute atomic E-state index is 0.0268. The van der Waals surface area contributed by atoms with Gasteiger partial charge in [0.2, 0.25) is 5.91 Å². The Kier molecular flexibility index (Phi) is 4.19. The number of benzene rings is 2. The minimum Gasteiger partial charge on any atom is -0.311 e. The van der Waals surface area contributed by atoms with E-state index in [2.05, 4.69) is 10.4 Å². The molecular formula is C18H14N4O5S. The standard InChI is InChI=1S/C18H14N4O5S/c23-16(11-21-18(25)13-8-4-5-9-14(13)28(21,26)27)19-15-10-17(24)22(20-15)12-6-2-1-3-7-12/h1-9H,10-11H2,(H,19,20,23). The van der Waals surface area contributed by atoms with E-state index < -0.39 is 28.4 Å². The maximum atomic E-state index is 12.5. The first-order chi connectivity index (χ1) is 13.4. The highest BCUT2D eigenvalue weighted by atomic mass is 32.2.